The molecule has 0 bridgehead atoms. The van der Waals surface area contributed by atoms with Gasteiger partial charge in [-0.1, -0.05) is 24.3 Å². The van der Waals surface area contributed by atoms with E-state index in [0.29, 0.717) is 30.4 Å². The zero-order valence-corrected chi connectivity index (χ0v) is 14.3. The summed E-state index contributed by atoms with van der Waals surface area (Å²) in [5.74, 6) is -0.368. The summed E-state index contributed by atoms with van der Waals surface area (Å²) in [7, 11) is 0. The molecule has 1 atom stereocenters. The molecular formula is C20H21NO5. The highest BCUT2D eigenvalue weighted by atomic mass is 16.5. The van der Waals surface area contributed by atoms with E-state index in [9.17, 15) is 9.59 Å². The number of carbonyl (C=O) groups excluding carboxylic acids is 1. The predicted octanol–water partition coefficient (Wildman–Crippen LogP) is 2.58. The third kappa shape index (κ3) is 4.83. The van der Waals surface area contributed by atoms with Crippen LogP contribution in [0.1, 0.15) is 33.8 Å². The Morgan fingerprint density at radius 3 is 2.81 bits per heavy atom. The van der Waals surface area contributed by atoms with E-state index in [1.165, 1.54) is 0 Å². The molecule has 26 heavy (non-hydrogen) atoms. The molecule has 3 rings (SSSR count). The van der Waals surface area contributed by atoms with Crippen LogP contribution < -0.4 is 10.1 Å². The van der Waals surface area contributed by atoms with Crippen molar-refractivity contribution in [3.8, 4) is 5.75 Å². The minimum absolute atomic E-state index is 0.150. The van der Waals surface area contributed by atoms with Crippen molar-refractivity contribution >= 4 is 11.9 Å². The molecule has 2 aromatic carbocycles. The first kappa shape index (κ1) is 17.9. The standard InChI is InChI=1S/C20H21NO5/c22-19(23)13-26-18-6-1-3-14(9-18)11-21-20(24)16-5-2-4-15(10-16)17-7-8-25-12-17/h1-6,9-10,17H,7-8,11-13H2,(H,21,24)(H,22,23). The number of amides is 1. The topological polar surface area (TPSA) is 84.9 Å². The van der Waals surface area contributed by atoms with Crippen LogP contribution in [0.15, 0.2) is 48.5 Å². The van der Waals surface area contributed by atoms with Crippen LogP contribution >= 0.6 is 0 Å². The van der Waals surface area contributed by atoms with Crippen molar-refractivity contribution in [3.05, 3.63) is 65.2 Å². The Labute approximate surface area is 151 Å². The highest BCUT2D eigenvalue weighted by Crippen LogP contribution is 2.25. The molecule has 6 heteroatoms. The van der Waals surface area contributed by atoms with Crippen molar-refractivity contribution < 1.29 is 24.2 Å². The lowest BCUT2D eigenvalue weighted by Crippen LogP contribution is -2.23. The fourth-order valence-corrected chi connectivity index (χ4v) is 2.91. The van der Waals surface area contributed by atoms with Crippen LogP contribution in [0.5, 0.6) is 5.75 Å². The lowest BCUT2D eigenvalue weighted by atomic mass is 9.96. The van der Waals surface area contributed by atoms with E-state index in [0.717, 1.165) is 24.2 Å². The fraction of sp³-hybridized carbons (Fsp3) is 0.300. The molecule has 1 aliphatic heterocycles. The van der Waals surface area contributed by atoms with Gasteiger partial charge in [-0.25, -0.2) is 4.79 Å². The summed E-state index contributed by atoms with van der Waals surface area (Å²) in [4.78, 5) is 23.0. The maximum atomic E-state index is 12.4. The minimum atomic E-state index is -1.03. The van der Waals surface area contributed by atoms with E-state index < -0.39 is 12.6 Å². The summed E-state index contributed by atoms with van der Waals surface area (Å²) in [6.45, 7) is 1.41. The van der Waals surface area contributed by atoms with Gasteiger partial charge in [0.05, 0.1) is 6.61 Å². The molecule has 1 fully saturated rings. The van der Waals surface area contributed by atoms with Gasteiger partial charge in [0.1, 0.15) is 5.75 Å². The third-order valence-electron chi connectivity index (χ3n) is 4.26. The number of nitrogens with one attached hydrogen (secondary N) is 1. The van der Waals surface area contributed by atoms with Gasteiger partial charge < -0.3 is 19.9 Å². The summed E-state index contributed by atoms with van der Waals surface area (Å²) in [5, 5.41) is 11.5. The van der Waals surface area contributed by atoms with Crippen molar-refractivity contribution in [1.29, 1.82) is 0 Å². The average Bonchev–Trinajstić information content (AvgIpc) is 3.20. The number of aliphatic carboxylic acids is 1. The normalized spacial score (nSPS) is 16.2. The van der Waals surface area contributed by atoms with Crippen molar-refractivity contribution in [3.63, 3.8) is 0 Å². The van der Waals surface area contributed by atoms with Gasteiger partial charge in [0.15, 0.2) is 6.61 Å². The van der Waals surface area contributed by atoms with Gasteiger partial charge in [-0.05, 0) is 41.8 Å². The minimum Gasteiger partial charge on any atom is -0.482 e. The number of hydrogen-bond acceptors (Lipinski definition) is 4. The van der Waals surface area contributed by atoms with Crippen LogP contribution in [0.2, 0.25) is 0 Å². The number of rotatable bonds is 7. The average molecular weight is 355 g/mol. The van der Waals surface area contributed by atoms with Gasteiger partial charge in [0, 0.05) is 24.6 Å². The van der Waals surface area contributed by atoms with Gasteiger partial charge in [-0.15, -0.1) is 0 Å². The van der Waals surface area contributed by atoms with Crippen LogP contribution in [0.3, 0.4) is 0 Å². The Morgan fingerprint density at radius 1 is 1.19 bits per heavy atom. The van der Waals surface area contributed by atoms with Gasteiger partial charge in [-0.3, -0.25) is 4.79 Å². The highest BCUT2D eigenvalue weighted by Gasteiger charge is 2.18. The van der Waals surface area contributed by atoms with Gasteiger partial charge >= 0.3 is 5.97 Å². The number of hydrogen-bond donors (Lipinski definition) is 2. The lowest BCUT2D eigenvalue weighted by molar-refractivity contribution is -0.139. The summed E-state index contributed by atoms with van der Waals surface area (Å²) < 4.78 is 10.6. The molecule has 1 saturated heterocycles. The first-order valence-electron chi connectivity index (χ1n) is 8.51. The largest absolute Gasteiger partial charge is 0.482 e. The van der Waals surface area contributed by atoms with Crippen LogP contribution in [0.25, 0.3) is 0 Å². The molecule has 0 saturated carbocycles. The second-order valence-electron chi connectivity index (χ2n) is 6.20. The van der Waals surface area contributed by atoms with Crippen molar-refractivity contribution in [2.24, 2.45) is 0 Å². The Kier molecular flexibility index (Phi) is 5.86. The molecule has 6 nitrogen and oxygen atoms in total. The smallest absolute Gasteiger partial charge is 0.341 e. The fourth-order valence-electron chi connectivity index (χ4n) is 2.91. The third-order valence-corrected chi connectivity index (χ3v) is 4.26. The van der Waals surface area contributed by atoms with E-state index in [4.69, 9.17) is 14.6 Å². The lowest BCUT2D eigenvalue weighted by Gasteiger charge is -2.11. The summed E-state index contributed by atoms with van der Waals surface area (Å²) >= 11 is 0. The summed E-state index contributed by atoms with van der Waals surface area (Å²) in [6.07, 6.45) is 0.980. The first-order chi connectivity index (χ1) is 12.6. The molecule has 1 unspecified atom stereocenters. The first-order valence-corrected chi connectivity index (χ1v) is 8.51. The van der Waals surface area contributed by atoms with Gasteiger partial charge in [-0.2, -0.15) is 0 Å². The molecule has 2 N–H and O–H groups in total. The molecule has 1 heterocycles. The monoisotopic (exact) mass is 355 g/mol. The van der Waals surface area contributed by atoms with Crippen molar-refractivity contribution in [2.75, 3.05) is 19.8 Å². The van der Waals surface area contributed by atoms with E-state index in [2.05, 4.69) is 5.32 Å². The summed E-state index contributed by atoms with van der Waals surface area (Å²) in [5.41, 5.74) is 2.58. The number of carbonyl (C=O) groups is 2. The number of benzene rings is 2. The highest BCUT2D eigenvalue weighted by molar-refractivity contribution is 5.94. The van der Waals surface area contributed by atoms with Crippen LogP contribution in [-0.4, -0.2) is 36.8 Å². The molecule has 0 aliphatic carbocycles. The van der Waals surface area contributed by atoms with E-state index in [1.54, 1.807) is 24.3 Å². The molecule has 0 aromatic heterocycles. The molecular weight excluding hydrogens is 334 g/mol. The molecule has 136 valence electrons. The Hall–Kier alpha value is -2.86. The number of carboxylic acids is 1. The molecule has 2 aromatic rings. The second-order valence-corrected chi connectivity index (χ2v) is 6.20. The van der Waals surface area contributed by atoms with Crippen molar-refractivity contribution in [2.45, 2.75) is 18.9 Å². The summed E-state index contributed by atoms with van der Waals surface area (Å²) in [6, 6.07) is 14.6. The number of ether oxygens (including phenoxy) is 2. The van der Waals surface area contributed by atoms with E-state index >= 15 is 0 Å². The molecule has 0 radical (unpaired) electrons. The number of carboxylic acid groups (broad SMARTS) is 1. The van der Waals surface area contributed by atoms with E-state index in [-0.39, 0.29) is 5.91 Å². The molecule has 1 aliphatic rings. The SMILES string of the molecule is O=C(O)COc1cccc(CNC(=O)c2cccc(C3CCOC3)c2)c1. The quantitative estimate of drug-likeness (QED) is 0.797. The zero-order chi connectivity index (χ0) is 18.4. The molecule has 0 spiro atoms. The van der Waals surface area contributed by atoms with Crippen molar-refractivity contribution in [1.82, 2.24) is 5.32 Å². The molecule has 1 amide bonds. The Balaban J connectivity index is 1.59. The maximum absolute atomic E-state index is 12.4. The van der Waals surface area contributed by atoms with Crippen LogP contribution in [0, 0.1) is 0 Å². The van der Waals surface area contributed by atoms with Crippen LogP contribution in [0.4, 0.5) is 0 Å². The Bertz CT molecular complexity index is 783. The van der Waals surface area contributed by atoms with Gasteiger partial charge in [0.25, 0.3) is 5.91 Å². The van der Waals surface area contributed by atoms with Crippen LogP contribution in [-0.2, 0) is 16.1 Å². The predicted molar refractivity (Wildman–Crippen MR) is 95.4 cm³/mol. The second kappa shape index (κ2) is 8.49. The maximum Gasteiger partial charge on any atom is 0.341 e. The Morgan fingerprint density at radius 2 is 2.04 bits per heavy atom. The van der Waals surface area contributed by atoms with Gasteiger partial charge in [0.2, 0.25) is 0 Å². The van der Waals surface area contributed by atoms with E-state index in [1.807, 2.05) is 24.3 Å². The zero-order valence-electron chi connectivity index (χ0n) is 14.3.